The maximum atomic E-state index is 12.3. The molecule has 0 amide bonds. The molecule has 0 spiro atoms. The number of benzene rings is 1. The van der Waals surface area contributed by atoms with E-state index in [9.17, 15) is 9.59 Å². The molecule has 1 aromatic rings. The van der Waals surface area contributed by atoms with E-state index in [2.05, 4.69) is 0 Å². The molecule has 3 atom stereocenters. The van der Waals surface area contributed by atoms with E-state index in [0.717, 1.165) is 5.56 Å². The molecule has 1 saturated heterocycles. The summed E-state index contributed by atoms with van der Waals surface area (Å²) in [6.07, 6.45) is -0.560. The average Bonchev–Trinajstić information content (AvgIpc) is 2.80. The fourth-order valence-electron chi connectivity index (χ4n) is 2.77. The molecule has 2 rings (SSSR count). The first-order valence-electron chi connectivity index (χ1n) is 7.07. The fraction of sp³-hybridized carbons (Fsp3) is 0.500. The molecule has 6 heteroatoms. The van der Waals surface area contributed by atoms with Gasteiger partial charge in [-0.25, -0.2) is 4.79 Å². The predicted octanol–water partition coefficient (Wildman–Crippen LogP) is 1.51. The van der Waals surface area contributed by atoms with Crippen LogP contribution in [0.25, 0.3) is 0 Å². The third-order valence-corrected chi connectivity index (χ3v) is 4.18. The molecular formula is C16H21NO5. The van der Waals surface area contributed by atoms with Crippen molar-refractivity contribution in [3.05, 3.63) is 35.9 Å². The van der Waals surface area contributed by atoms with Crippen molar-refractivity contribution in [3.63, 3.8) is 0 Å². The second kappa shape index (κ2) is 6.46. The summed E-state index contributed by atoms with van der Waals surface area (Å²) in [6, 6.07) is 9.48. The standard InChI is InChI=1S/C16H21NO5/c1-11-14(12-8-6-5-7-9-12)22-16(17(11)2,15(19)21-4)10-13(18)20-3/h5-9,11,14H,10H2,1-4H3/t11-,14+,16?/m0/s1. The fourth-order valence-corrected chi connectivity index (χ4v) is 2.77. The second-order valence-electron chi connectivity index (χ2n) is 5.33. The van der Waals surface area contributed by atoms with E-state index in [1.54, 1.807) is 11.9 Å². The lowest BCUT2D eigenvalue weighted by Gasteiger charge is -2.31. The third kappa shape index (κ3) is 2.71. The maximum Gasteiger partial charge on any atom is 0.354 e. The Labute approximate surface area is 129 Å². The first-order chi connectivity index (χ1) is 10.5. The Morgan fingerprint density at radius 2 is 1.86 bits per heavy atom. The highest BCUT2D eigenvalue weighted by molar-refractivity contribution is 5.85. The van der Waals surface area contributed by atoms with E-state index in [1.165, 1.54) is 14.2 Å². The van der Waals surface area contributed by atoms with Gasteiger partial charge in [0, 0.05) is 6.04 Å². The van der Waals surface area contributed by atoms with E-state index in [1.807, 2.05) is 37.3 Å². The molecule has 1 unspecified atom stereocenters. The molecule has 1 aromatic carbocycles. The van der Waals surface area contributed by atoms with Crippen molar-refractivity contribution in [3.8, 4) is 0 Å². The van der Waals surface area contributed by atoms with Crippen molar-refractivity contribution in [2.45, 2.75) is 31.2 Å². The Morgan fingerprint density at radius 3 is 2.41 bits per heavy atom. The lowest BCUT2D eigenvalue weighted by Crippen LogP contribution is -2.53. The first-order valence-corrected chi connectivity index (χ1v) is 7.07. The minimum Gasteiger partial charge on any atom is -0.469 e. The number of likely N-dealkylation sites (N-methyl/N-ethyl adjacent to an activating group) is 1. The molecule has 0 aliphatic carbocycles. The Morgan fingerprint density at radius 1 is 1.23 bits per heavy atom. The van der Waals surface area contributed by atoms with Crippen LogP contribution in [0.2, 0.25) is 0 Å². The van der Waals surface area contributed by atoms with Gasteiger partial charge in [0.25, 0.3) is 0 Å². The number of ether oxygens (including phenoxy) is 3. The minimum atomic E-state index is -1.47. The number of rotatable bonds is 4. The molecule has 0 radical (unpaired) electrons. The molecule has 1 fully saturated rings. The van der Waals surface area contributed by atoms with Crippen molar-refractivity contribution in [1.29, 1.82) is 0 Å². The van der Waals surface area contributed by atoms with E-state index in [-0.39, 0.29) is 18.6 Å². The molecule has 0 aromatic heterocycles. The maximum absolute atomic E-state index is 12.3. The van der Waals surface area contributed by atoms with E-state index < -0.39 is 17.7 Å². The number of nitrogens with zero attached hydrogens (tertiary/aromatic N) is 1. The Hall–Kier alpha value is -1.92. The van der Waals surface area contributed by atoms with Gasteiger partial charge in [-0.2, -0.15) is 0 Å². The highest BCUT2D eigenvalue weighted by atomic mass is 16.6. The number of hydrogen-bond acceptors (Lipinski definition) is 6. The zero-order chi connectivity index (χ0) is 16.3. The van der Waals surface area contributed by atoms with Crippen LogP contribution >= 0.6 is 0 Å². The quantitative estimate of drug-likeness (QED) is 0.786. The summed E-state index contributed by atoms with van der Waals surface area (Å²) in [4.78, 5) is 25.8. The summed E-state index contributed by atoms with van der Waals surface area (Å²) in [7, 11) is 4.30. The highest BCUT2D eigenvalue weighted by Gasteiger charge is 2.57. The van der Waals surface area contributed by atoms with Gasteiger partial charge >= 0.3 is 11.9 Å². The summed E-state index contributed by atoms with van der Waals surface area (Å²) in [5.41, 5.74) is -0.528. The van der Waals surface area contributed by atoms with Crippen LogP contribution in [0.3, 0.4) is 0 Å². The van der Waals surface area contributed by atoms with Crippen LogP contribution in [0.4, 0.5) is 0 Å². The van der Waals surface area contributed by atoms with Crippen LogP contribution in [-0.2, 0) is 23.8 Å². The lowest BCUT2D eigenvalue weighted by atomic mass is 10.0. The van der Waals surface area contributed by atoms with Crippen LogP contribution in [0.5, 0.6) is 0 Å². The van der Waals surface area contributed by atoms with Gasteiger partial charge in [-0.3, -0.25) is 9.69 Å². The molecule has 1 aliphatic rings. The van der Waals surface area contributed by atoms with Gasteiger partial charge < -0.3 is 14.2 Å². The van der Waals surface area contributed by atoms with Gasteiger partial charge in [0.1, 0.15) is 6.10 Å². The van der Waals surface area contributed by atoms with Gasteiger partial charge in [-0.1, -0.05) is 30.3 Å². The normalized spacial score (nSPS) is 28.4. The molecule has 0 saturated carbocycles. The van der Waals surface area contributed by atoms with Crippen LogP contribution < -0.4 is 0 Å². The SMILES string of the molecule is COC(=O)CC1(C(=O)OC)O[C@@H](c2ccccc2)[C@H](C)N1C. The molecule has 0 bridgehead atoms. The summed E-state index contributed by atoms with van der Waals surface area (Å²) < 4.78 is 15.6. The highest BCUT2D eigenvalue weighted by Crippen LogP contribution is 2.42. The number of esters is 2. The van der Waals surface area contributed by atoms with Gasteiger partial charge in [-0.15, -0.1) is 0 Å². The van der Waals surface area contributed by atoms with Crippen LogP contribution in [0.15, 0.2) is 30.3 Å². The van der Waals surface area contributed by atoms with E-state index >= 15 is 0 Å². The van der Waals surface area contributed by atoms with Gasteiger partial charge in [0.15, 0.2) is 0 Å². The third-order valence-electron chi connectivity index (χ3n) is 4.18. The van der Waals surface area contributed by atoms with Gasteiger partial charge in [0.2, 0.25) is 5.72 Å². The summed E-state index contributed by atoms with van der Waals surface area (Å²) in [5.74, 6) is -1.14. The minimum absolute atomic E-state index is 0.105. The molecular weight excluding hydrogens is 286 g/mol. The molecule has 1 aliphatic heterocycles. The Balaban J connectivity index is 2.38. The summed E-state index contributed by atoms with van der Waals surface area (Å²) in [5, 5.41) is 0. The predicted molar refractivity (Wildman–Crippen MR) is 78.9 cm³/mol. The number of carbonyl (C=O) groups is 2. The zero-order valence-electron chi connectivity index (χ0n) is 13.2. The smallest absolute Gasteiger partial charge is 0.354 e. The van der Waals surface area contributed by atoms with Gasteiger partial charge in [-0.05, 0) is 19.5 Å². The van der Waals surface area contributed by atoms with E-state index in [4.69, 9.17) is 14.2 Å². The largest absolute Gasteiger partial charge is 0.469 e. The molecule has 1 heterocycles. The topological polar surface area (TPSA) is 65.1 Å². The second-order valence-corrected chi connectivity index (χ2v) is 5.33. The number of carbonyl (C=O) groups excluding carboxylic acids is 2. The van der Waals surface area contributed by atoms with Crippen LogP contribution in [-0.4, -0.2) is 49.9 Å². The van der Waals surface area contributed by atoms with E-state index in [0.29, 0.717) is 0 Å². The van der Waals surface area contributed by atoms with Crippen molar-refractivity contribution < 1.29 is 23.8 Å². The van der Waals surface area contributed by atoms with Crippen LogP contribution in [0.1, 0.15) is 25.0 Å². The summed E-state index contributed by atoms with van der Waals surface area (Å²) in [6.45, 7) is 1.94. The van der Waals surface area contributed by atoms with Gasteiger partial charge in [0.05, 0.1) is 20.6 Å². The number of methoxy groups -OCH3 is 2. The van der Waals surface area contributed by atoms with Crippen molar-refractivity contribution in [2.75, 3.05) is 21.3 Å². The van der Waals surface area contributed by atoms with Crippen LogP contribution in [0, 0.1) is 0 Å². The number of hydrogen-bond donors (Lipinski definition) is 0. The Kier molecular flexibility index (Phi) is 4.83. The molecule has 22 heavy (non-hydrogen) atoms. The zero-order valence-corrected chi connectivity index (χ0v) is 13.2. The average molecular weight is 307 g/mol. The lowest BCUT2D eigenvalue weighted by molar-refractivity contribution is -0.189. The summed E-state index contributed by atoms with van der Waals surface area (Å²) >= 11 is 0. The van der Waals surface area contributed by atoms with Crippen molar-refractivity contribution in [1.82, 2.24) is 4.90 Å². The van der Waals surface area contributed by atoms with Crippen molar-refractivity contribution in [2.24, 2.45) is 0 Å². The monoisotopic (exact) mass is 307 g/mol. The van der Waals surface area contributed by atoms with Crippen molar-refractivity contribution >= 4 is 11.9 Å². The first kappa shape index (κ1) is 16.5. The molecule has 0 N–H and O–H groups in total. The molecule has 120 valence electrons. The Bertz CT molecular complexity index is 547. The molecule has 6 nitrogen and oxygen atoms in total.